The molecule has 1 N–H and O–H groups in total. The molecule has 8 rings (SSSR count). The Labute approximate surface area is 255 Å². The molecule has 3 saturated heterocycles. The number of halogens is 3. The number of hydrogen-bond donors (Lipinski definition) is 1. The largest absolute Gasteiger partial charge is 0.420 e. The van der Waals surface area contributed by atoms with Crippen molar-refractivity contribution in [3.63, 3.8) is 0 Å². The molecule has 2 aromatic heterocycles. The highest BCUT2D eigenvalue weighted by Crippen LogP contribution is 2.48. The Hall–Kier alpha value is -2.87. The number of thioether (sulfide) groups is 1. The zero-order valence-electron chi connectivity index (χ0n) is 23.6. The van der Waals surface area contributed by atoms with Crippen LogP contribution in [0.1, 0.15) is 39.6 Å². The minimum atomic E-state index is -4.65. The second-order valence-electron chi connectivity index (χ2n) is 12.5. The van der Waals surface area contributed by atoms with Gasteiger partial charge in [0.25, 0.3) is 5.91 Å². The maximum Gasteiger partial charge on any atom is 0.420 e. The van der Waals surface area contributed by atoms with Crippen LogP contribution in [0.25, 0.3) is 10.6 Å². The molecular weight excluding hydrogens is 597 g/mol. The van der Waals surface area contributed by atoms with Crippen molar-refractivity contribution < 1.29 is 22.7 Å². The number of carbonyl (C=O) groups excluding carboxylic acids is 1. The molecule has 4 fully saturated rings. The summed E-state index contributed by atoms with van der Waals surface area (Å²) >= 11 is 2.56. The quantitative estimate of drug-likeness (QED) is 0.382. The standard InChI is InChI=1S/C30H31F3N6O2S2/c1-37-13-29(14-37)15-38(16-29)18-4-5-22(20(8-18)17-2-3-17)35-28-34-10-21(30(31,32)33)25(36-28)23-9-24-26(43-23)27(40)39(6-7-42-24)19-11-41-12-19/h4-5,8-10,17,19H,2-3,6-7,11-16H2,1H3,(H,34,35,36). The van der Waals surface area contributed by atoms with E-state index in [1.807, 2.05) is 6.07 Å². The Kier molecular flexibility index (Phi) is 6.48. The zero-order chi connectivity index (χ0) is 29.5. The molecule has 13 heteroatoms. The van der Waals surface area contributed by atoms with Gasteiger partial charge in [0.15, 0.2) is 0 Å². The fourth-order valence-electron chi connectivity index (χ4n) is 6.78. The summed E-state index contributed by atoms with van der Waals surface area (Å²) in [4.78, 5) is 29.9. The predicted octanol–water partition coefficient (Wildman–Crippen LogP) is 5.54. The summed E-state index contributed by atoms with van der Waals surface area (Å²) in [6.45, 7) is 5.95. The number of nitrogens with one attached hydrogen (secondary N) is 1. The van der Waals surface area contributed by atoms with Crippen LogP contribution in [0.5, 0.6) is 0 Å². The molecule has 0 bridgehead atoms. The molecule has 6 heterocycles. The Bertz CT molecular complexity index is 1590. The molecule has 0 atom stereocenters. The van der Waals surface area contributed by atoms with Gasteiger partial charge in [-0.2, -0.15) is 13.2 Å². The second-order valence-corrected chi connectivity index (χ2v) is 14.7. The summed E-state index contributed by atoms with van der Waals surface area (Å²) < 4.78 is 47.8. The molecule has 0 radical (unpaired) electrons. The monoisotopic (exact) mass is 628 g/mol. The van der Waals surface area contributed by atoms with Crippen molar-refractivity contribution in [3.05, 3.63) is 46.5 Å². The maximum absolute atomic E-state index is 14.2. The summed E-state index contributed by atoms with van der Waals surface area (Å²) in [6.07, 6.45) is -1.62. The van der Waals surface area contributed by atoms with Crippen molar-refractivity contribution in [3.8, 4) is 10.6 Å². The van der Waals surface area contributed by atoms with Gasteiger partial charge in [0.2, 0.25) is 5.95 Å². The first kappa shape index (κ1) is 27.7. The molecule has 43 heavy (non-hydrogen) atoms. The van der Waals surface area contributed by atoms with Gasteiger partial charge in [0, 0.05) is 66.4 Å². The number of likely N-dealkylation sites (tertiary alicyclic amines) is 1. The molecular formula is C30H31F3N6O2S2. The molecule has 226 valence electrons. The molecule has 0 unspecified atom stereocenters. The first-order valence-electron chi connectivity index (χ1n) is 14.6. The summed E-state index contributed by atoms with van der Waals surface area (Å²) in [6, 6.07) is 7.99. The molecule has 8 nitrogen and oxygen atoms in total. The topological polar surface area (TPSA) is 73.8 Å². The minimum Gasteiger partial charge on any atom is -0.377 e. The average Bonchev–Trinajstić information content (AvgIpc) is 3.68. The van der Waals surface area contributed by atoms with Gasteiger partial charge in [-0.15, -0.1) is 23.1 Å². The van der Waals surface area contributed by atoms with Crippen molar-refractivity contribution in [2.45, 2.75) is 35.9 Å². The normalized spacial score (nSPS) is 22.1. The Morgan fingerprint density at radius 2 is 1.91 bits per heavy atom. The molecule has 1 saturated carbocycles. The van der Waals surface area contributed by atoms with Gasteiger partial charge < -0.3 is 24.8 Å². The second kappa shape index (κ2) is 10.1. The van der Waals surface area contributed by atoms with Crippen LogP contribution >= 0.6 is 23.1 Å². The highest BCUT2D eigenvalue weighted by molar-refractivity contribution is 7.99. The SMILES string of the molecule is CN1CC2(C1)CN(c1ccc(Nc3ncc(C(F)(F)F)c(-c4cc5c(s4)C(=O)N(C4COC4)CCS5)n3)c(C3CC3)c1)C2. The third-order valence-electron chi connectivity index (χ3n) is 9.06. The van der Waals surface area contributed by atoms with Crippen molar-refractivity contribution in [2.24, 2.45) is 5.41 Å². The molecule has 5 aliphatic rings. The number of aromatic nitrogens is 2. The van der Waals surface area contributed by atoms with Gasteiger partial charge in [-0.05, 0) is 55.6 Å². The van der Waals surface area contributed by atoms with Crippen LogP contribution in [0.4, 0.5) is 30.5 Å². The van der Waals surface area contributed by atoms with Crippen LogP contribution < -0.4 is 10.2 Å². The number of thiophene rings is 1. The van der Waals surface area contributed by atoms with Crippen molar-refractivity contribution in [1.29, 1.82) is 0 Å². The number of hydrogen-bond acceptors (Lipinski definition) is 9. The van der Waals surface area contributed by atoms with Gasteiger partial charge in [0.05, 0.1) is 29.8 Å². The van der Waals surface area contributed by atoms with E-state index in [-0.39, 0.29) is 23.6 Å². The number of carbonyl (C=O) groups is 1. The number of anilines is 3. The van der Waals surface area contributed by atoms with Gasteiger partial charge in [-0.1, -0.05) is 0 Å². The number of benzene rings is 1. The summed E-state index contributed by atoms with van der Waals surface area (Å²) in [5.74, 6) is 1.04. The van der Waals surface area contributed by atoms with Crippen LogP contribution in [0, 0.1) is 5.41 Å². The number of rotatable bonds is 6. The van der Waals surface area contributed by atoms with E-state index in [9.17, 15) is 18.0 Å². The Morgan fingerprint density at radius 1 is 1.12 bits per heavy atom. The summed E-state index contributed by atoms with van der Waals surface area (Å²) in [5.41, 5.74) is 2.45. The van der Waals surface area contributed by atoms with Crippen LogP contribution in [0.15, 0.2) is 35.4 Å². The van der Waals surface area contributed by atoms with Crippen LogP contribution in [-0.4, -0.2) is 90.5 Å². The number of ether oxygens (including phenoxy) is 1. The lowest BCUT2D eigenvalue weighted by Gasteiger charge is -2.60. The lowest BCUT2D eigenvalue weighted by atomic mass is 9.73. The third kappa shape index (κ3) is 4.98. The zero-order valence-corrected chi connectivity index (χ0v) is 25.2. The number of alkyl halides is 3. The first-order chi connectivity index (χ1) is 20.7. The van der Waals surface area contributed by atoms with Gasteiger partial charge in [-0.3, -0.25) is 4.79 Å². The lowest BCUT2D eigenvalue weighted by molar-refractivity contribution is -0.137. The van der Waals surface area contributed by atoms with E-state index in [4.69, 9.17) is 4.74 Å². The lowest BCUT2D eigenvalue weighted by Crippen LogP contribution is -2.71. The van der Waals surface area contributed by atoms with Gasteiger partial charge in [0.1, 0.15) is 10.4 Å². The van der Waals surface area contributed by atoms with E-state index >= 15 is 0 Å². The van der Waals surface area contributed by atoms with E-state index < -0.39 is 11.7 Å². The van der Waals surface area contributed by atoms with E-state index in [1.165, 1.54) is 17.4 Å². The van der Waals surface area contributed by atoms with Crippen molar-refractivity contribution >= 4 is 46.3 Å². The third-order valence-corrected chi connectivity index (χ3v) is 11.3. The van der Waals surface area contributed by atoms with Crippen LogP contribution in [0.3, 0.4) is 0 Å². The van der Waals surface area contributed by atoms with E-state index in [2.05, 4.69) is 44.3 Å². The first-order valence-corrected chi connectivity index (χ1v) is 16.4. The van der Waals surface area contributed by atoms with Crippen LogP contribution in [-0.2, 0) is 10.9 Å². The Morgan fingerprint density at radius 3 is 2.58 bits per heavy atom. The fourth-order valence-corrected chi connectivity index (χ4v) is 9.10. The van der Waals surface area contributed by atoms with E-state index in [0.717, 1.165) is 67.8 Å². The van der Waals surface area contributed by atoms with Crippen molar-refractivity contribution in [1.82, 2.24) is 19.8 Å². The van der Waals surface area contributed by atoms with E-state index in [1.54, 1.807) is 11.0 Å². The number of nitrogens with zero attached hydrogens (tertiary/aromatic N) is 5. The van der Waals surface area contributed by atoms with E-state index in [0.29, 0.717) is 51.5 Å². The molecule has 1 spiro atoms. The molecule has 1 aromatic carbocycles. The molecule has 3 aromatic rings. The maximum atomic E-state index is 14.2. The van der Waals surface area contributed by atoms with Gasteiger partial charge in [-0.25, -0.2) is 9.97 Å². The summed E-state index contributed by atoms with van der Waals surface area (Å²) in [7, 11) is 2.15. The van der Waals surface area contributed by atoms with Crippen LogP contribution in [0.2, 0.25) is 0 Å². The highest BCUT2D eigenvalue weighted by atomic mass is 32.2. The highest BCUT2D eigenvalue weighted by Gasteiger charge is 2.50. The molecule has 1 aliphatic carbocycles. The fraction of sp³-hybridized carbons (Fsp3) is 0.500. The molecule has 4 aliphatic heterocycles. The number of amides is 1. The average molecular weight is 629 g/mol. The van der Waals surface area contributed by atoms with Gasteiger partial charge >= 0.3 is 6.18 Å². The Balaban J connectivity index is 1.09. The summed E-state index contributed by atoms with van der Waals surface area (Å²) in [5, 5.41) is 3.24. The smallest absolute Gasteiger partial charge is 0.377 e. The van der Waals surface area contributed by atoms with Crippen molar-refractivity contribution in [2.75, 3.05) is 69.0 Å². The number of fused-ring (bicyclic) bond motifs is 1. The molecule has 1 amide bonds. The predicted molar refractivity (Wildman–Crippen MR) is 161 cm³/mol. The minimum absolute atomic E-state index is 0.0133.